The van der Waals surface area contributed by atoms with Crippen LogP contribution in [0, 0.1) is 10.8 Å². The van der Waals surface area contributed by atoms with Crippen molar-refractivity contribution in [1.29, 1.82) is 0 Å². The molecule has 29 heavy (non-hydrogen) atoms. The second kappa shape index (κ2) is 7.71. The van der Waals surface area contributed by atoms with Crippen LogP contribution in [0.25, 0.3) is 10.2 Å². The molecule has 1 saturated heterocycles. The van der Waals surface area contributed by atoms with Gasteiger partial charge in [0.25, 0.3) is 5.91 Å². The smallest absolute Gasteiger partial charge is 0.306 e. The van der Waals surface area contributed by atoms with Gasteiger partial charge in [-0.25, -0.2) is 4.98 Å². The summed E-state index contributed by atoms with van der Waals surface area (Å²) in [6, 6.07) is 8.34. The number of likely N-dealkylation sites (tertiary alicyclic amines) is 1. The maximum atomic E-state index is 12.7. The number of rotatable bonds is 6. The molecule has 2 atom stereocenters. The number of para-hydroxylation sites is 1. The Bertz CT molecular complexity index is 889. The predicted octanol–water partition coefficient (Wildman–Crippen LogP) is 4.59. The Kier molecular flexibility index (Phi) is 5.40. The van der Waals surface area contributed by atoms with E-state index in [1.807, 2.05) is 23.1 Å². The molecule has 6 heteroatoms. The highest BCUT2D eigenvalue weighted by molar-refractivity contribution is 7.18. The summed E-state index contributed by atoms with van der Waals surface area (Å²) in [5.41, 5.74) is 1.47. The molecule has 1 aliphatic heterocycles. The Morgan fingerprint density at radius 3 is 2.83 bits per heavy atom. The van der Waals surface area contributed by atoms with Gasteiger partial charge in [0.15, 0.2) is 6.61 Å². The lowest BCUT2D eigenvalue weighted by molar-refractivity contribution is -0.152. The molecule has 1 amide bonds. The van der Waals surface area contributed by atoms with Crippen LogP contribution in [-0.2, 0) is 20.7 Å². The van der Waals surface area contributed by atoms with Gasteiger partial charge in [0.2, 0.25) is 0 Å². The monoisotopic (exact) mass is 414 g/mol. The van der Waals surface area contributed by atoms with E-state index in [0.717, 1.165) is 42.8 Å². The van der Waals surface area contributed by atoms with E-state index in [-0.39, 0.29) is 35.4 Å². The van der Waals surface area contributed by atoms with Crippen LogP contribution in [0.2, 0.25) is 0 Å². The number of amides is 1. The molecular weight excluding hydrogens is 384 g/mol. The molecule has 2 aliphatic rings. The SMILES string of the molecule is CC1(C)C[C@@H]2C[C@@](C)(CN2C(=O)COC(=O)CCCc2nc3ccccc3s2)C1. The van der Waals surface area contributed by atoms with Crippen molar-refractivity contribution in [3.8, 4) is 0 Å². The molecule has 4 rings (SSSR count). The Balaban J connectivity index is 1.22. The highest BCUT2D eigenvalue weighted by Crippen LogP contribution is 2.52. The van der Waals surface area contributed by atoms with E-state index in [9.17, 15) is 9.59 Å². The number of aromatic nitrogens is 1. The predicted molar refractivity (Wildman–Crippen MR) is 115 cm³/mol. The van der Waals surface area contributed by atoms with Gasteiger partial charge in [-0.15, -0.1) is 11.3 Å². The van der Waals surface area contributed by atoms with E-state index < -0.39 is 0 Å². The summed E-state index contributed by atoms with van der Waals surface area (Å²) < 4.78 is 6.47. The van der Waals surface area contributed by atoms with Gasteiger partial charge < -0.3 is 9.64 Å². The highest BCUT2D eigenvalue weighted by atomic mass is 32.1. The molecule has 2 aromatic rings. The molecular formula is C23H30N2O3S. The van der Waals surface area contributed by atoms with E-state index in [4.69, 9.17) is 4.74 Å². The second-order valence-electron chi connectivity index (χ2n) is 9.82. The molecule has 156 valence electrons. The number of ether oxygens (including phenoxy) is 1. The molecule has 2 bridgehead atoms. The molecule has 2 heterocycles. The number of fused-ring (bicyclic) bond motifs is 3. The van der Waals surface area contributed by atoms with Crippen molar-refractivity contribution in [1.82, 2.24) is 9.88 Å². The molecule has 1 aromatic carbocycles. The van der Waals surface area contributed by atoms with Crippen LogP contribution in [0.1, 0.15) is 57.9 Å². The molecule has 0 radical (unpaired) electrons. The van der Waals surface area contributed by atoms with Crippen LogP contribution < -0.4 is 0 Å². The van der Waals surface area contributed by atoms with E-state index in [2.05, 4.69) is 31.8 Å². The van der Waals surface area contributed by atoms with Crippen molar-refractivity contribution >= 4 is 33.4 Å². The lowest BCUT2D eigenvalue weighted by Crippen LogP contribution is -2.39. The van der Waals surface area contributed by atoms with Crippen LogP contribution in [0.3, 0.4) is 0 Å². The maximum absolute atomic E-state index is 12.7. The number of hydrogen-bond donors (Lipinski definition) is 0. The number of benzene rings is 1. The third-order valence-electron chi connectivity index (χ3n) is 6.20. The van der Waals surface area contributed by atoms with Gasteiger partial charge in [0, 0.05) is 19.0 Å². The number of esters is 1. The van der Waals surface area contributed by atoms with Gasteiger partial charge in [0.05, 0.1) is 15.2 Å². The fourth-order valence-corrected chi connectivity index (χ4v) is 6.47. The highest BCUT2D eigenvalue weighted by Gasteiger charge is 2.50. The summed E-state index contributed by atoms with van der Waals surface area (Å²) in [6.07, 6.45) is 5.00. The quantitative estimate of drug-likeness (QED) is 0.649. The summed E-state index contributed by atoms with van der Waals surface area (Å²) in [5, 5.41) is 1.04. The molecule has 1 saturated carbocycles. The van der Waals surface area contributed by atoms with Crippen LogP contribution in [0.4, 0.5) is 0 Å². The fourth-order valence-electron chi connectivity index (χ4n) is 5.46. The van der Waals surface area contributed by atoms with E-state index in [1.165, 1.54) is 4.70 Å². The minimum Gasteiger partial charge on any atom is -0.456 e. The number of thiazole rings is 1. The standard InChI is InChI=1S/C23H30N2O3S/c1-22(2)11-16-12-23(3,14-22)15-25(16)20(26)13-28-21(27)10-6-9-19-24-17-7-4-5-8-18(17)29-19/h4-5,7-8,16H,6,9-15H2,1-3H3/t16-,23-/m1/s1. The lowest BCUT2D eigenvalue weighted by atomic mass is 9.65. The van der Waals surface area contributed by atoms with Crippen LogP contribution in [0.5, 0.6) is 0 Å². The van der Waals surface area contributed by atoms with Crippen molar-refractivity contribution in [3.63, 3.8) is 0 Å². The van der Waals surface area contributed by atoms with Gasteiger partial charge in [-0.1, -0.05) is 32.9 Å². The maximum Gasteiger partial charge on any atom is 0.306 e. The van der Waals surface area contributed by atoms with Gasteiger partial charge >= 0.3 is 5.97 Å². The average Bonchev–Trinajstić information content (AvgIpc) is 3.16. The van der Waals surface area contributed by atoms with E-state index in [0.29, 0.717) is 12.8 Å². The molecule has 0 spiro atoms. The van der Waals surface area contributed by atoms with Crippen molar-refractivity contribution in [2.75, 3.05) is 13.2 Å². The average molecular weight is 415 g/mol. The number of carbonyl (C=O) groups is 2. The first kappa shape index (κ1) is 20.3. The molecule has 1 aromatic heterocycles. The van der Waals surface area contributed by atoms with Crippen LogP contribution in [0.15, 0.2) is 24.3 Å². The summed E-state index contributed by atoms with van der Waals surface area (Å²) in [5.74, 6) is -0.343. The number of carbonyl (C=O) groups excluding carboxylic acids is 2. The Morgan fingerprint density at radius 2 is 2.03 bits per heavy atom. The van der Waals surface area contributed by atoms with Gasteiger partial charge in [-0.05, 0) is 55.1 Å². The fraction of sp³-hybridized carbons (Fsp3) is 0.609. The van der Waals surface area contributed by atoms with Crippen LogP contribution >= 0.6 is 11.3 Å². The van der Waals surface area contributed by atoms with Gasteiger partial charge in [-0.2, -0.15) is 0 Å². The van der Waals surface area contributed by atoms with Crippen LogP contribution in [-0.4, -0.2) is 41.0 Å². The first-order chi connectivity index (χ1) is 13.7. The third-order valence-corrected chi connectivity index (χ3v) is 7.30. The summed E-state index contributed by atoms with van der Waals surface area (Å²) in [4.78, 5) is 31.3. The first-order valence-corrected chi connectivity index (χ1v) is 11.3. The zero-order chi connectivity index (χ0) is 20.6. The van der Waals surface area contributed by atoms with E-state index >= 15 is 0 Å². The number of nitrogens with zero attached hydrogens (tertiary/aromatic N) is 2. The number of aryl methyl sites for hydroxylation is 1. The van der Waals surface area contributed by atoms with Crippen molar-refractivity contribution in [2.24, 2.45) is 10.8 Å². The minimum atomic E-state index is -0.298. The zero-order valence-corrected chi connectivity index (χ0v) is 18.4. The first-order valence-electron chi connectivity index (χ1n) is 10.5. The Labute approximate surface area is 176 Å². The van der Waals surface area contributed by atoms with Crippen molar-refractivity contribution < 1.29 is 14.3 Å². The largest absolute Gasteiger partial charge is 0.456 e. The molecule has 5 nitrogen and oxygen atoms in total. The molecule has 2 fully saturated rings. The second-order valence-corrected chi connectivity index (χ2v) is 10.9. The van der Waals surface area contributed by atoms with Crippen molar-refractivity contribution in [2.45, 2.75) is 65.3 Å². The lowest BCUT2D eigenvalue weighted by Gasteiger charge is -2.39. The molecule has 0 unspecified atom stereocenters. The van der Waals surface area contributed by atoms with E-state index in [1.54, 1.807) is 11.3 Å². The normalized spacial score (nSPS) is 25.3. The third kappa shape index (κ3) is 4.63. The van der Waals surface area contributed by atoms with Gasteiger partial charge in [-0.3, -0.25) is 9.59 Å². The molecule has 1 aliphatic carbocycles. The minimum absolute atomic E-state index is 0.0454. The topological polar surface area (TPSA) is 59.5 Å². The summed E-state index contributed by atoms with van der Waals surface area (Å²) in [7, 11) is 0. The Hall–Kier alpha value is -1.95. The summed E-state index contributed by atoms with van der Waals surface area (Å²) in [6.45, 7) is 7.51. The zero-order valence-electron chi connectivity index (χ0n) is 17.6. The van der Waals surface area contributed by atoms with Gasteiger partial charge in [0.1, 0.15) is 0 Å². The molecule has 0 N–H and O–H groups in total. The number of hydrogen-bond acceptors (Lipinski definition) is 5. The Morgan fingerprint density at radius 1 is 1.24 bits per heavy atom. The summed E-state index contributed by atoms with van der Waals surface area (Å²) >= 11 is 1.67. The van der Waals surface area contributed by atoms with Crippen molar-refractivity contribution in [3.05, 3.63) is 29.3 Å².